The molecule has 0 bridgehead atoms. The van der Waals surface area contributed by atoms with Crippen LogP contribution in [0.1, 0.15) is 38.2 Å². The van der Waals surface area contributed by atoms with Crippen LogP contribution in [0.5, 0.6) is 5.75 Å². The predicted octanol–water partition coefficient (Wildman–Crippen LogP) is 2.52. The van der Waals surface area contributed by atoms with Crippen LogP contribution in [0.25, 0.3) is 0 Å². The molecule has 0 spiro atoms. The summed E-state index contributed by atoms with van der Waals surface area (Å²) in [6, 6.07) is 8.05. The van der Waals surface area contributed by atoms with Crippen LogP contribution in [0.4, 0.5) is 0 Å². The number of carbonyl (C=O) groups excluding carboxylic acids is 1. The summed E-state index contributed by atoms with van der Waals surface area (Å²) in [5.41, 5.74) is 1.18. The van der Waals surface area contributed by atoms with Crippen LogP contribution in [0.15, 0.2) is 24.3 Å². The van der Waals surface area contributed by atoms with Crippen LogP contribution in [-0.4, -0.2) is 32.1 Å². The Balaban J connectivity index is 1.60. The zero-order valence-electron chi connectivity index (χ0n) is 13.6. The summed E-state index contributed by atoms with van der Waals surface area (Å²) >= 11 is 0. The van der Waals surface area contributed by atoms with Gasteiger partial charge in [0, 0.05) is 13.0 Å². The molecule has 4 nitrogen and oxygen atoms in total. The zero-order valence-corrected chi connectivity index (χ0v) is 13.6. The molecule has 4 heteroatoms. The summed E-state index contributed by atoms with van der Waals surface area (Å²) in [6.45, 7) is 5.86. The smallest absolute Gasteiger partial charge is 0.220 e. The second-order valence-electron chi connectivity index (χ2n) is 5.99. The van der Waals surface area contributed by atoms with E-state index in [1.54, 1.807) is 0 Å². The lowest BCUT2D eigenvalue weighted by Crippen LogP contribution is -2.26. The summed E-state index contributed by atoms with van der Waals surface area (Å²) < 4.78 is 5.55. The van der Waals surface area contributed by atoms with Gasteiger partial charge in [0.2, 0.25) is 5.91 Å². The van der Waals surface area contributed by atoms with Crippen LogP contribution in [0, 0.1) is 5.92 Å². The highest BCUT2D eigenvalue weighted by Gasteiger charge is 2.13. The first-order valence-corrected chi connectivity index (χ1v) is 8.47. The summed E-state index contributed by atoms with van der Waals surface area (Å²) in [5, 5.41) is 6.38. The number of hydrogen-bond acceptors (Lipinski definition) is 3. The first-order chi connectivity index (χ1) is 10.8. The van der Waals surface area contributed by atoms with E-state index >= 15 is 0 Å². The summed E-state index contributed by atoms with van der Waals surface area (Å²) in [5.74, 6) is 1.79. The predicted molar refractivity (Wildman–Crippen MR) is 89.2 cm³/mol. The lowest BCUT2D eigenvalue weighted by molar-refractivity contribution is -0.121. The minimum Gasteiger partial charge on any atom is -0.494 e. The maximum Gasteiger partial charge on any atom is 0.220 e. The van der Waals surface area contributed by atoms with Gasteiger partial charge in [-0.1, -0.05) is 19.1 Å². The largest absolute Gasteiger partial charge is 0.494 e. The van der Waals surface area contributed by atoms with Crippen molar-refractivity contribution in [1.82, 2.24) is 10.6 Å². The lowest BCUT2D eigenvalue weighted by Gasteiger charge is -2.09. The number of nitrogens with one attached hydrogen (secondary N) is 2. The molecule has 0 aliphatic carbocycles. The molecule has 0 aromatic heterocycles. The minimum absolute atomic E-state index is 0.150. The zero-order chi connectivity index (χ0) is 15.6. The Hall–Kier alpha value is -1.55. The molecule has 0 radical (unpaired) electrons. The molecule has 22 heavy (non-hydrogen) atoms. The van der Waals surface area contributed by atoms with E-state index in [1.165, 1.54) is 12.0 Å². The molecule has 1 aromatic rings. The van der Waals surface area contributed by atoms with Crippen molar-refractivity contribution in [3.05, 3.63) is 29.8 Å². The van der Waals surface area contributed by atoms with Gasteiger partial charge in [-0.2, -0.15) is 0 Å². The SMILES string of the molecule is CCCOc1ccc(CCC(=O)NCCC2CCNC2)cc1. The van der Waals surface area contributed by atoms with Gasteiger partial charge in [-0.15, -0.1) is 0 Å². The van der Waals surface area contributed by atoms with E-state index in [0.717, 1.165) is 57.2 Å². The fraction of sp³-hybridized carbons (Fsp3) is 0.611. The van der Waals surface area contributed by atoms with Gasteiger partial charge in [-0.25, -0.2) is 0 Å². The number of amides is 1. The van der Waals surface area contributed by atoms with Crippen LogP contribution < -0.4 is 15.4 Å². The maximum absolute atomic E-state index is 11.8. The fourth-order valence-electron chi connectivity index (χ4n) is 2.70. The van der Waals surface area contributed by atoms with E-state index in [1.807, 2.05) is 24.3 Å². The van der Waals surface area contributed by atoms with Crippen LogP contribution >= 0.6 is 0 Å². The Morgan fingerprint density at radius 1 is 1.36 bits per heavy atom. The molecular weight excluding hydrogens is 276 g/mol. The average molecular weight is 304 g/mol. The number of rotatable bonds is 9. The Labute approximate surface area is 133 Å². The molecule has 1 saturated heterocycles. The van der Waals surface area contributed by atoms with E-state index in [9.17, 15) is 4.79 Å². The highest BCUT2D eigenvalue weighted by Crippen LogP contribution is 2.14. The van der Waals surface area contributed by atoms with Crippen molar-refractivity contribution in [2.24, 2.45) is 5.92 Å². The Morgan fingerprint density at radius 3 is 2.86 bits per heavy atom. The van der Waals surface area contributed by atoms with Gasteiger partial charge in [0.05, 0.1) is 6.61 Å². The monoisotopic (exact) mass is 304 g/mol. The number of ether oxygens (including phenoxy) is 1. The molecule has 1 amide bonds. The van der Waals surface area contributed by atoms with E-state index in [4.69, 9.17) is 4.74 Å². The first kappa shape index (κ1) is 16.8. The average Bonchev–Trinajstić information content (AvgIpc) is 3.05. The van der Waals surface area contributed by atoms with Gasteiger partial charge in [-0.05, 0) is 62.4 Å². The maximum atomic E-state index is 11.8. The molecule has 1 aromatic carbocycles. The molecule has 1 aliphatic rings. The number of aryl methyl sites for hydroxylation is 1. The summed E-state index contributed by atoms with van der Waals surface area (Å²) in [7, 11) is 0. The topological polar surface area (TPSA) is 50.4 Å². The molecular formula is C18H28N2O2. The number of benzene rings is 1. The third kappa shape index (κ3) is 6.06. The van der Waals surface area contributed by atoms with E-state index in [-0.39, 0.29) is 5.91 Å². The van der Waals surface area contributed by atoms with E-state index in [0.29, 0.717) is 6.42 Å². The van der Waals surface area contributed by atoms with Crippen molar-refractivity contribution in [2.75, 3.05) is 26.2 Å². The van der Waals surface area contributed by atoms with Crippen molar-refractivity contribution in [3.8, 4) is 5.75 Å². The van der Waals surface area contributed by atoms with Gasteiger partial charge in [0.25, 0.3) is 0 Å². The second-order valence-corrected chi connectivity index (χ2v) is 5.99. The quantitative estimate of drug-likeness (QED) is 0.737. The van der Waals surface area contributed by atoms with Gasteiger partial charge in [0.1, 0.15) is 5.75 Å². The molecule has 1 unspecified atom stereocenters. The number of hydrogen-bond donors (Lipinski definition) is 2. The van der Waals surface area contributed by atoms with Crippen LogP contribution in [0.3, 0.4) is 0 Å². The number of carbonyl (C=O) groups is 1. The molecule has 0 saturated carbocycles. The molecule has 2 rings (SSSR count). The molecule has 1 fully saturated rings. The molecule has 122 valence electrons. The summed E-state index contributed by atoms with van der Waals surface area (Å²) in [4.78, 5) is 11.8. The Bertz CT molecular complexity index is 439. The van der Waals surface area contributed by atoms with Crippen molar-refractivity contribution in [1.29, 1.82) is 0 Å². The second kappa shape index (κ2) is 9.46. The van der Waals surface area contributed by atoms with Crippen molar-refractivity contribution < 1.29 is 9.53 Å². The normalized spacial score (nSPS) is 17.4. The highest BCUT2D eigenvalue weighted by atomic mass is 16.5. The third-order valence-electron chi connectivity index (χ3n) is 4.07. The fourth-order valence-corrected chi connectivity index (χ4v) is 2.70. The Morgan fingerprint density at radius 2 is 2.18 bits per heavy atom. The van der Waals surface area contributed by atoms with E-state index < -0.39 is 0 Å². The van der Waals surface area contributed by atoms with Crippen molar-refractivity contribution in [3.63, 3.8) is 0 Å². The molecule has 2 N–H and O–H groups in total. The van der Waals surface area contributed by atoms with Gasteiger partial charge < -0.3 is 15.4 Å². The lowest BCUT2D eigenvalue weighted by atomic mass is 10.1. The van der Waals surface area contributed by atoms with Gasteiger partial charge >= 0.3 is 0 Å². The van der Waals surface area contributed by atoms with Crippen molar-refractivity contribution in [2.45, 2.75) is 39.0 Å². The minimum atomic E-state index is 0.150. The standard InChI is InChI=1S/C18H28N2O2/c1-2-13-22-17-6-3-15(4-7-17)5-8-18(21)20-12-10-16-9-11-19-14-16/h3-4,6-7,16,19H,2,5,8-14H2,1H3,(H,20,21). The molecule has 1 atom stereocenters. The molecule has 1 heterocycles. The first-order valence-electron chi connectivity index (χ1n) is 8.47. The molecule has 1 aliphatic heterocycles. The Kier molecular flexibility index (Phi) is 7.23. The summed E-state index contributed by atoms with van der Waals surface area (Å²) in [6.07, 6.45) is 4.67. The van der Waals surface area contributed by atoms with Crippen LogP contribution in [-0.2, 0) is 11.2 Å². The van der Waals surface area contributed by atoms with Gasteiger partial charge in [0.15, 0.2) is 0 Å². The van der Waals surface area contributed by atoms with Crippen LogP contribution in [0.2, 0.25) is 0 Å². The highest BCUT2D eigenvalue weighted by molar-refractivity contribution is 5.76. The van der Waals surface area contributed by atoms with Crippen molar-refractivity contribution >= 4 is 5.91 Å². The third-order valence-corrected chi connectivity index (χ3v) is 4.07. The van der Waals surface area contributed by atoms with E-state index in [2.05, 4.69) is 17.6 Å². The van der Waals surface area contributed by atoms with Gasteiger partial charge in [-0.3, -0.25) is 4.79 Å².